The van der Waals surface area contributed by atoms with Gasteiger partial charge in [0.05, 0.1) is 29.9 Å². The molecule has 6 heteroatoms. The molecule has 1 heterocycles. The zero-order chi connectivity index (χ0) is 15.7. The highest BCUT2D eigenvalue weighted by Gasteiger charge is 2.16. The molecule has 1 N–H and O–H groups in total. The zero-order valence-corrected chi connectivity index (χ0v) is 11.4. The van der Waals surface area contributed by atoms with E-state index in [9.17, 15) is 18.7 Å². The predicted molar refractivity (Wildman–Crippen MR) is 77.3 cm³/mol. The maximum atomic E-state index is 13.6. The normalized spacial score (nSPS) is 12.5. The van der Waals surface area contributed by atoms with Crippen LogP contribution in [0.2, 0.25) is 0 Å². The lowest BCUT2D eigenvalue weighted by molar-refractivity contribution is 0.150. The molecule has 112 valence electrons. The van der Waals surface area contributed by atoms with Crippen LogP contribution in [0.25, 0.3) is 10.9 Å². The quantitative estimate of drug-likeness (QED) is 0.808. The Hall–Kier alpha value is -2.60. The van der Waals surface area contributed by atoms with Crippen LogP contribution in [-0.2, 0) is 6.54 Å². The van der Waals surface area contributed by atoms with Gasteiger partial charge in [-0.25, -0.2) is 13.8 Å². The Bertz CT molecular complexity index is 893. The zero-order valence-electron chi connectivity index (χ0n) is 11.4. The maximum Gasteiger partial charge on any atom is 0.261 e. The van der Waals surface area contributed by atoms with Crippen molar-refractivity contribution in [2.45, 2.75) is 12.6 Å². The fourth-order valence-electron chi connectivity index (χ4n) is 2.29. The number of para-hydroxylation sites is 1. The average molecular weight is 302 g/mol. The topological polar surface area (TPSA) is 55.1 Å². The summed E-state index contributed by atoms with van der Waals surface area (Å²) < 4.78 is 28.0. The first-order valence-electron chi connectivity index (χ1n) is 6.63. The van der Waals surface area contributed by atoms with Crippen molar-refractivity contribution in [1.29, 1.82) is 0 Å². The van der Waals surface area contributed by atoms with Gasteiger partial charge in [-0.15, -0.1) is 0 Å². The second kappa shape index (κ2) is 5.65. The van der Waals surface area contributed by atoms with Crippen LogP contribution in [0.3, 0.4) is 0 Å². The molecule has 0 unspecified atom stereocenters. The molecule has 2 aromatic carbocycles. The summed E-state index contributed by atoms with van der Waals surface area (Å²) in [7, 11) is 0. The molecule has 0 amide bonds. The van der Waals surface area contributed by atoms with Crippen molar-refractivity contribution in [2.75, 3.05) is 0 Å². The summed E-state index contributed by atoms with van der Waals surface area (Å²) in [6, 6.07) is 9.61. The second-order valence-electron chi connectivity index (χ2n) is 4.90. The smallest absolute Gasteiger partial charge is 0.261 e. The van der Waals surface area contributed by atoms with Gasteiger partial charge in [-0.2, -0.15) is 0 Å². The molecule has 1 atom stereocenters. The number of fused-ring (bicyclic) bond motifs is 1. The molecule has 0 aliphatic carbocycles. The van der Waals surface area contributed by atoms with E-state index in [0.29, 0.717) is 10.9 Å². The highest BCUT2D eigenvalue weighted by atomic mass is 19.1. The predicted octanol–water partition coefficient (Wildman–Crippen LogP) is 2.41. The Morgan fingerprint density at radius 1 is 1.18 bits per heavy atom. The molecule has 0 bridgehead atoms. The molecule has 0 aliphatic heterocycles. The van der Waals surface area contributed by atoms with Crippen molar-refractivity contribution < 1.29 is 13.9 Å². The van der Waals surface area contributed by atoms with Crippen LogP contribution in [0.15, 0.2) is 53.6 Å². The van der Waals surface area contributed by atoms with Gasteiger partial charge in [0, 0.05) is 5.56 Å². The fourth-order valence-corrected chi connectivity index (χ4v) is 2.29. The van der Waals surface area contributed by atoms with E-state index in [1.165, 1.54) is 10.9 Å². The minimum absolute atomic E-state index is 0.194. The third kappa shape index (κ3) is 2.60. The van der Waals surface area contributed by atoms with E-state index in [2.05, 4.69) is 4.98 Å². The lowest BCUT2D eigenvalue weighted by atomic mass is 10.1. The van der Waals surface area contributed by atoms with Gasteiger partial charge >= 0.3 is 0 Å². The third-order valence-electron chi connectivity index (χ3n) is 3.42. The summed E-state index contributed by atoms with van der Waals surface area (Å²) in [5.74, 6) is -1.38. The van der Waals surface area contributed by atoms with Crippen molar-refractivity contribution >= 4 is 10.9 Å². The number of aliphatic hydroxyl groups is 1. The Labute approximate surface area is 124 Å². The van der Waals surface area contributed by atoms with E-state index in [4.69, 9.17) is 0 Å². The van der Waals surface area contributed by atoms with Gasteiger partial charge < -0.3 is 5.11 Å². The number of hydrogen-bond acceptors (Lipinski definition) is 3. The lowest BCUT2D eigenvalue weighted by Crippen LogP contribution is -2.24. The first-order valence-corrected chi connectivity index (χ1v) is 6.63. The number of benzene rings is 2. The molecule has 4 nitrogen and oxygen atoms in total. The van der Waals surface area contributed by atoms with Crippen LogP contribution in [0.5, 0.6) is 0 Å². The summed E-state index contributed by atoms with van der Waals surface area (Å²) in [5.41, 5.74) is -0.00306. The van der Waals surface area contributed by atoms with Crippen LogP contribution < -0.4 is 5.56 Å². The van der Waals surface area contributed by atoms with Gasteiger partial charge in [0.25, 0.3) is 5.56 Å². The summed E-state index contributed by atoms with van der Waals surface area (Å²) >= 11 is 0. The Balaban J connectivity index is 1.97. The first-order chi connectivity index (χ1) is 10.6. The van der Waals surface area contributed by atoms with Gasteiger partial charge in [-0.1, -0.05) is 12.1 Å². The molecule has 0 saturated heterocycles. The van der Waals surface area contributed by atoms with Gasteiger partial charge in [0.15, 0.2) is 0 Å². The molecule has 0 spiro atoms. The van der Waals surface area contributed by atoms with Gasteiger partial charge in [-0.3, -0.25) is 9.36 Å². The SMILES string of the molecule is O=c1c2ccccc2ncn1C[C@H](O)c1cc(F)ccc1F. The maximum absolute atomic E-state index is 13.6. The first kappa shape index (κ1) is 14.3. The number of nitrogens with zero attached hydrogens (tertiary/aromatic N) is 2. The van der Waals surface area contributed by atoms with E-state index in [1.54, 1.807) is 24.3 Å². The third-order valence-corrected chi connectivity index (χ3v) is 3.42. The van der Waals surface area contributed by atoms with Crippen molar-refractivity contribution in [1.82, 2.24) is 9.55 Å². The molecule has 0 radical (unpaired) electrons. The minimum atomic E-state index is -1.35. The number of aliphatic hydroxyl groups excluding tert-OH is 1. The molecule has 3 rings (SSSR count). The van der Waals surface area contributed by atoms with Gasteiger partial charge in [-0.05, 0) is 30.3 Å². The van der Waals surface area contributed by atoms with Gasteiger partial charge in [0.1, 0.15) is 11.6 Å². The average Bonchev–Trinajstić information content (AvgIpc) is 2.52. The molecule has 22 heavy (non-hydrogen) atoms. The van der Waals surface area contributed by atoms with Crippen molar-refractivity contribution in [2.24, 2.45) is 0 Å². The summed E-state index contributed by atoms with van der Waals surface area (Å²) in [4.78, 5) is 16.4. The van der Waals surface area contributed by atoms with Crippen LogP contribution in [0, 0.1) is 11.6 Å². The second-order valence-corrected chi connectivity index (χ2v) is 4.90. The summed E-state index contributed by atoms with van der Waals surface area (Å²) in [5, 5.41) is 10.5. The molecule has 1 aromatic heterocycles. The molecule has 0 aliphatic rings. The van der Waals surface area contributed by atoms with E-state index in [1.807, 2.05) is 0 Å². The summed E-state index contributed by atoms with van der Waals surface area (Å²) in [6.45, 7) is -0.211. The fraction of sp³-hybridized carbons (Fsp3) is 0.125. The highest BCUT2D eigenvalue weighted by molar-refractivity contribution is 5.76. The standard InChI is InChI=1S/C16H12F2N2O2/c17-10-5-6-13(18)12(7-10)15(21)8-20-9-19-14-4-2-1-3-11(14)16(20)22/h1-7,9,15,21H,8H2/t15-/m0/s1. The summed E-state index contributed by atoms with van der Waals surface area (Å²) in [6.07, 6.45) is -0.0678. The Morgan fingerprint density at radius 3 is 2.77 bits per heavy atom. The molecule has 0 saturated carbocycles. The highest BCUT2D eigenvalue weighted by Crippen LogP contribution is 2.19. The van der Waals surface area contributed by atoms with Crippen molar-refractivity contribution in [3.05, 3.63) is 76.3 Å². The minimum Gasteiger partial charge on any atom is -0.386 e. The largest absolute Gasteiger partial charge is 0.386 e. The van der Waals surface area contributed by atoms with E-state index >= 15 is 0 Å². The van der Waals surface area contributed by atoms with Crippen molar-refractivity contribution in [3.63, 3.8) is 0 Å². The van der Waals surface area contributed by atoms with E-state index in [0.717, 1.165) is 18.2 Å². The van der Waals surface area contributed by atoms with Crippen LogP contribution in [0.4, 0.5) is 8.78 Å². The van der Waals surface area contributed by atoms with Crippen LogP contribution in [-0.4, -0.2) is 14.7 Å². The van der Waals surface area contributed by atoms with Gasteiger partial charge in [0.2, 0.25) is 0 Å². The Morgan fingerprint density at radius 2 is 1.95 bits per heavy atom. The van der Waals surface area contributed by atoms with Crippen LogP contribution in [0.1, 0.15) is 11.7 Å². The van der Waals surface area contributed by atoms with E-state index in [-0.39, 0.29) is 17.7 Å². The molecule has 0 fully saturated rings. The lowest BCUT2D eigenvalue weighted by Gasteiger charge is -2.14. The Kier molecular flexibility index (Phi) is 3.68. The van der Waals surface area contributed by atoms with Crippen molar-refractivity contribution in [3.8, 4) is 0 Å². The number of halogens is 2. The molecule has 3 aromatic rings. The molecular weight excluding hydrogens is 290 g/mol. The van der Waals surface area contributed by atoms with Crippen LogP contribution >= 0.6 is 0 Å². The number of aromatic nitrogens is 2. The number of rotatable bonds is 3. The molecular formula is C16H12F2N2O2. The number of hydrogen-bond donors (Lipinski definition) is 1. The monoisotopic (exact) mass is 302 g/mol. The van der Waals surface area contributed by atoms with E-state index < -0.39 is 17.7 Å².